The molecule has 110 valence electrons. The molecule has 1 aromatic rings. The lowest BCUT2D eigenvalue weighted by Crippen LogP contribution is -2.38. The van der Waals surface area contributed by atoms with Crippen LogP contribution in [0.4, 0.5) is 5.69 Å². The van der Waals surface area contributed by atoms with Crippen LogP contribution in [0.5, 0.6) is 5.75 Å². The highest BCUT2D eigenvalue weighted by molar-refractivity contribution is 6.00. The number of rotatable bonds is 7. The fraction of sp³-hybridized carbons (Fsp3) is 0.385. The van der Waals surface area contributed by atoms with E-state index in [1.54, 1.807) is 12.1 Å². The molecule has 0 aliphatic carbocycles. The fourth-order valence-electron chi connectivity index (χ4n) is 1.64. The molecule has 0 aliphatic heterocycles. The van der Waals surface area contributed by atoms with Gasteiger partial charge in [-0.3, -0.25) is 9.59 Å². The minimum atomic E-state index is -1.10. The summed E-state index contributed by atoms with van der Waals surface area (Å²) in [5.41, 5.74) is 6.24. The van der Waals surface area contributed by atoms with Gasteiger partial charge >= 0.3 is 5.97 Å². The average molecular weight is 282 g/mol. The molecule has 1 rings (SSSR count). The van der Waals surface area contributed by atoms with E-state index < -0.39 is 18.4 Å². The van der Waals surface area contributed by atoms with Crippen molar-refractivity contribution in [1.82, 2.24) is 4.90 Å². The van der Waals surface area contributed by atoms with Gasteiger partial charge < -0.3 is 25.2 Å². The highest BCUT2D eigenvalue weighted by Gasteiger charge is 2.20. The molecule has 0 bridgehead atoms. The molecule has 0 spiro atoms. The van der Waals surface area contributed by atoms with Gasteiger partial charge in [-0.15, -0.1) is 0 Å². The van der Waals surface area contributed by atoms with Crippen molar-refractivity contribution in [2.75, 3.05) is 39.6 Å². The Hall–Kier alpha value is -2.28. The van der Waals surface area contributed by atoms with Crippen molar-refractivity contribution >= 4 is 17.6 Å². The number of carboxylic acid groups (broad SMARTS) is 1. The summed E-state index contributed by atoms with van der Waals surface area (Å²) in [5.74, 6) is -1.10. The highest BCUT2D eigenvalue weighted by Crippen LogP contribution is 2.21. The molecule has 0 aromatic heterocycles. The Balaban J connectivity index is 3.00. The number of anilines is 1. The van der Waals surface area contributed by atoms with E-state index in [9.17, 15) is 9.59 Å². The lowest BCUT2D eigenvalue weighted by atomic mass is 10.1. The smallest absolute Gasteiger partial charge is 0.323 e. The summed E-state index contributed by atoms with van der Waals surface area (Å²) in [5, 5.41) is 8.86. The zero-order valence-corrected chi connectivity index (χ0v) is 11.5. The van der Waals surface area contributed by atoms with E-state index in [0.29, 0.717) is 5.75 Å². The van der Waals surface area contributed by atoms with E-state index in [0.717, 1.165) is 4.90 Å². The van der Waals surface area contributed by atoms with Crippen molar-refractivity contribution in [1.29, 1.82) is 0 Å². The van der Waals surface area contributed by atoms with Crippen LogP contribution in [0.2, 0.25) is 0 Å². The minimum Gasteiger partial charge on any atom is -0.497 e. The van der Waals surface area contributed by atoms with Crippen LogP contribution in [0.25, 0.3) is 0 Å². The van der Waals surface area contributed by atoms with Gasteiger partial charge in [0.25, 0.3) is 5.91 Å². The molecule has 1 amide bonds. The summed E-state index contributed by atoms with van der Waals surface area (Å²) in [6.07, 6.45) is 0. The number of hydrogen-bond donors (Lipinski definition) is 2. The number of amides is 1. The Morgan fingerprint density at radius 3 is 2.60 bits per heavy atom. The number of hydrogen-bond acceptors (Lipinski definition) is 5. The lowest BCUT2D eigenvalue weighted by Gasteiger charge is -2.21. The third-order valence-corrected chi connectivity index (χ3v) is 2.67. The van der Waals surface area contributed by atoms with E-state index in [-0.39, 0.29) is 24.4 Å². The molecular formula is C13H18N2O5. The van der Waals surface area contributed by atoms with Crippen LogP contribution in [-0.4, -0.2) is 55.8 Å². The van der Waals surface area contributed by atoms with E-state index in [4.69, 9.17) is 20.3 Å². The van der Waals surface area contributed by atoms with Gasteiger partial charge in [0.05, 0.1) is 19.3 Å². The van der Waals surface area contributed by atoms with Crippen LogP contribution in [0.3, 0.4) is 0 Å². The topological polar surface area (TPSA) is 102 Å². The van der Waals surface area contributed by atoms with Crippen LogP contribution < -0.4 is 10.5 Å². The maximum absolute atomic E-state index is 12.3. The summed E-state index contributed by atoms with van der Waals surface area (Å²) >= 11 is 0. The largest absolute Gasteiger partial charge is 0.497 e. The van der Waals surface area contributed by atoms with Gasteiger partial charge in [0, 0.05) is 19.3 Å². The number of nitrogen functional groups attached to an aromatic ring is 1. The van der Waals surface area contributed by atoms with Gasteiger partial charge in [-0.2, -0.15) is 0 Å². The minimum absolute atomic E-state index is 0.165. The van der Waals surface area contributed by atoms with Gasteiger partial charge in [0.1, 0.15) is 12.3 Å². The first-order valence-electron chi connectivity index (χ1n) is 5.93. The second kappa shape index (κ2) is 7.34. The Morgan fingerprint density at radius 1 is 1.35 bits per heavy atom. The van der Waals surface area contributed by atoms with Gasteiger partial charge in [0.15, 0.2) is 0 Å². The Bertz CT molecular complexity index is 490. The molecular weight excluding hydrogens is 264 g/mol. The predicted molar refractivity (Wildman–Crippen MR) is 72.8 cm³/mol. The van der Waals surface area contributed by atoms with Crippen LogP contribution in [-0.2, 0) is 9.53 Å². The monoisotopic (exact) mass is 282 g/mol. The van der Waals surface area contributed by atoms with E-state index in [1.807, 2.05) is 0 Å². The maximum Gasteiger partial charge on any atom is 0.323 e. The molecule has 0 radical (unpaired) electrons. The third kappa shape index (κ3) is 4.13. The standard InChI is InChI=1S/C13H18N2O5/c1-19-6-5-15(8-12(16)17)13(18)10-7-9(20-2)3-4-11(10)14/h3-4,7H,5-6,8,14H2,1-2H3,(H,16,17). The molecule has 1 aromatic carbocycles. The first-order valence-corrected chi connectivity index (χ1v) is 5.93. The highest BCUT2D eigenvalue weighted by atomic mass is 16.5. The summed E-state index contributed by atoms with van der Waals surface area (Å²) in [6, 6.07) is 4.66. The molecule has 3 N–H and O–H groups in total. The summed E-state index contributed by atoms with van der Waals surface area (Å²) in [6.45, 7) is -0.0139. The van der Waals surface area contributed by atoms with Crippen molar-refractivity contribution < 1.29 is 24.2 Å². The normalized spacial score (nSPS) is 10.1. The molecule has 0 atom stereocenters. The van der Waals surface area contributed by atoms with Gasteiger partial charge in [-0.25, -0.2) is 0 Å². The first kappa shape index (κ1) is 15.8. The second-order valence-electron chi connectivity index (χ2n) is 4.07. The number of methoxy groups -OCH3 is 2. The molecule has 0 saturated heterocycles. The van der Waals surface area contributed by atoms with Crippen LogP contribution in [0.15, 0.2) is 18.2 Å². The Morgan fingerprint density at radius 2 is 2.05 bits per heavy atom. The average Bonchev–Trinajstić information content (AvgIpc) is 2.43. The van der Waals surface area contributed by atoms with Crippen LogP contribution >= 0.6 is 0 Å². The van der Waals surface area contributed by atoms with Crippen molar-refractivity contribution in [3.8, 4) is 5.75 Å². The first-order chi connectivity index (χ1) is 9.49. The van der Waals surface area contributed by atoms with Gasteiger partial charge in [-0.1, -0.05) is 0 Å². The number of carboxylic acids is 1. The number of carbonyl (C=O) groups excluding carboxylic acids is 1. The zero-order chi connectivity index (χ0) is 15.1. The van der Waals surface area contributed by atoms with E-state index >= 15 is 0 Å². The number of aliphatic carboxylic acids is 1. The van der Waals surface area contributed by atoms with E-state index in [2.05, 4.69) is 0 Å². The molecule has 0 aliphatic rings. The van der Waals surface area contributed by atoms with Crippen molar-refractivity contribution in [3.05, 3.63) is 23.8 Å². The predicted octanol–water partition coefficient (Wildman–Crippen LogP) is 0.451. The third-order valence-electron chi connectivity index (χ3n) is 2.67. The molecule has 0 unspecified atom stereocenters. The number of ether oxygens (including phenoxy) is 2. The molecule has 7 nitrogen and oxygen atoms in total. The number of nitrogens with two attached hydrogens (primary N) is 1. The molecule has 20 heavy (non-hydrogen) atoms. The molecule has 0 saturated carbocycles. The fourth-order valence-corrected chi connectivity index (χ4v) is 1.64. The lowest BCUT2D eigenvalue weighted by molar-refractivity contribution is -0.137. The van der Waals surface area contributed by atoms with Gasteiger partial charge in [0.2, 0.25) is 0 Å². The molecule has 0 heterocycles. The van der Waals surface area contributed by atoms with Crippen LogP contribution in [0.1, 0.15) is 10.4 Å². The molecule has 7 heteroatoms. The molecule has 0 fully saturated rings. The number of carbonyl (C=O) groups is 2. The SMILES string of the molecule is COCCN(CC(=O)O)C(=O)c1cc(OC)ccc1N. The van der Waals surface area contributed by atoms with Crippen LogP contribution in [0, 0.1) is 0 Å². The second-order valence-corrected chi connectivity index (χ2v) is 4.07. The van der Waals surface area contributed by atoms with Crippen molar-refractivity contribution in [2.45, 2.75) is 0 Å². The Kier molecular flexibility index (Phi) is 5.79. The van der Waals surface area contributed by atoms with Crippen molar-refractivity contribution in [3.63, 3.8) is 0 Å². The number of benzene rings is 1. The quantitative estimate of drug-likeness (QED) is 0.704. The summed E-state index contributed by atoms with van der Waals surface area (Å²) in [7, 11) is 2.95. The number of nitrogens with zero attached hydrogens (tertiary/aromatic N) is 1. The zero-order valence-electron chi connectivity index (χ0n) is 11.5. The van der Waals surface area contributed by atoms with E-state index in [1.165, 1.54) is 20.3 Å². The maximum atomic E-state index is 12.3. The summed E-state index contributed by atoms with van der Waals surface area (Å²) < 4.78 is 9.91. The summed E-state index contributed by atoms with van der Waals surface area (Å²) in [4.78, 5) is 24.3. The van der Waals surface area contributed by atoms with Crippen molar-refractivity contribution in [2.24, 2.45) is 0 Å². The Labute approximate surface area is 116 Å². The van der Waals surface area contributed by atoms with Gasteiger partial charge in [-0.05, 0) is 18.2 Å².